The Bertz CT molecular complexity index is 564. The first-order chi connectivity index (χ1) is 9.56. The van der Waals surface area contributed by atoms with Crippen LogP contribution in [0.2, 0.25) is 0 Å². The zero-order valence-electron chi connectivity index (χ0n) is 12.2. The van der Waals surface area contributed by atoms with Gasteiger partial charge in [0.15, 0.2) is 0 Å². The Morgan fingerprint density at radius 2 is 1.85 bits per heavy atom. The Hall–Kier alpha value is -1.42. The zero-order valence-corrected chi connectivity index (χ0v) is 13.7. The van der Waals surface area contributed by atoms with Gasteiger partial charge in [0.05, 0.1) is 0 Å². The molecule has 0 atom stereocenters. The SMILES string of the molecule is CNc1cc(CC(C)C)nc(Cc2ccc(Br)cc2)n1. The molecule has 0 bridgehead atoms. The highest BCUT2D eigenvalue weighted by molar-refractivity contribution is 9.10. The Morgan fingerprint density at radius 3 is 2.45 bits per heavy atom. The quantitative estimate of drug-likeness (QED) is 0.896. The molecule has 0 aliphatic heterocycles. The third kappa shape index (κ3) is 4.30. The number of aromatic nitrogens is 2. The summed E-state index contributed by atoms with van der Waals surface area (Å²) in [6, 6.07) is 10.3. The summed E-state index contributed by atoms with van der Waals surface area (Å²) in [6.07, 6.45) is 1.73. The van der Waals surface area contributed by atoms with Crippen LogP contribution in [0, 0.1) is 5.92 Å². The largest absolute Gasteiger partial charge is 0.373 e. The molecule has 0 saturated heterocycles. The van der Waals surface area contributed by atoms with E-state index in [2.05, 4.69) is 57.2 Å². The maximum atomic E-state index is 4.68. The van der Waals surface area contributed by atoms with Crippen LogP contribution in [0.4, 0.5) is 5.82 Å². The van der Waals surface area contributed by atoms with Gasteiger partial charge in [-0.3, -0.25) is 0 Å². The highest BCUT2D eigenvalue weighted by Crippen LogP contribution is 2.15. The first kappa shape index (κ1) is 15.0. The van der Waals surface area contributed by atoms with Crippen molar-refractivity contribution >= 4 is 21.7 Å². The van der Waals surface area contributed by atoms with Gasteiger partial charge in [0.25, 0.3) is 0 Å². The van der Waals surface area contributed by atoms with Crippen molar-refractivity contribution in [2.75, 3.05) is 12.4 Å². The van der Waals surface area contributed by atoms with Gasteiger partial charge < -0.3 is 5.32 Å². The van der Waals surface area contributed by atoms with E-state index in [1.807, 2.05) is 25.2 Å². The molecule has 0 aliphatic rings. The van der Waals surface area contributed by atoms with Crippen LogP contribution in [-0.2, 0) is 12.8 Å². The maximum absolute atomic E-state index is 4.68. The van der Waals surface area contributed by atoms with Gasteiger partial charge in [0.1, 0.15) is 11.6 Å². The fourth-order valence-corrected chi connectivity index (χ4v) is 2.33. The Labute approximate surface area is 129 Å². The lowest BCUT2D eigenvalue weighted by Crippen LogP contribution is -2.06. The summed E-state index contributed by atoms with van der Waals surface area (Å²) >= 11 is 3.45. The Morgan fingerprint density at radius 1 is 1.15 bits per heavy atom. The second kappa shape index (κ2) is 6.84. The minimum atomic E-state index is 0.593. The fraction of sp³-hybridized carbons (Fsp3) is 0.375. The van der Waals surface area contributed by atoms with E-state index in [4.69, 9.17) is 0 Å². The van der Waals surface area contributed by atoms with Crippen LogP contribution in [0.3, 0.4) is 0 Å². The summed E-state index contributed by atoms with van der Waals surface area (Å²) in [7, 11) is 1.89. The van der Waals surface area contributed by atoms with Crippen LogP contribution in [-0.4, -0.2) is 17.0 Å². The molecule has 0 amide bonds. The summed E-state index contributed by atoms with van der Waals surface area (Å²) in [4.78, 5) is 9.22. The molecule has 4 heteroatoms. The van der Waals surface area contributed by atoms with Crippen LogP contribution >= 0.6 is 15.9 Å². The second-order valence-corrected chi connectivity index (χ2v) is 6.23. The minimum absolute atomic E-state index is 0.593. The summed E-state index contributed by atoms with van der Waals surface area (Å²) < 4.78 is 1.09. The molecule has 2 aromatic rings. The molecule has 0 spiro atoms. The van der Waals surface area contributed by atoms with E-state index in [9.17, 15) is 0 Å². The molecule has 2 rings (SSSR count). The van der Waals surface area contributed by atoms with Crippen molar-refractivity contribution in [3.8, 4) is 0 Å². The van der Waals surface area contributed by atoms with E-state index in [0.29, 0.717) is 5.92 Å². The zero-order chi connectivity index (χ0) is 14.5. The predicted molar refractivity (Wildman–Crippen MR) is 87.1 cm³/mol. The van der Waals surface area contributed by atoms with Gasteiger partial charge in [-0.25, -0.2) is 9.97 Å². The molecule has 0 saturated carbocycles. The highest BCUT2D eigenvalue weighted by Gasteiger charge is 2.07. The number of rotatable bonds is 5. The van der Waals surface area contributed by atoms with Crippen molar-refractivity contribution in [2.45, 2.75) is 26.7 Å². The van der Waals surface area contributed by atoms with Crippen LogP contribution in [0.5, 0.6) is 0 Å². The summed E-state index contributed by atoms with van der Waals surface area (Å²) in [6.45, 7) is 4.41. The summed E-state index contributed by atoms with van der Waals surface area (Å²) in [5.74, 6) is 2.35. The second-order valence-electron chi connectivity index (χ2n) is 5.31. The fourth-order valence-electron chi connectivity index (χ4n) is 2.07. The van der Waals surface area contributed by atoms with Gasteiger partial charge in [-0.05, 0) is 30.0 Å². The maximum Gasteiger partial charge on any atom is 0.135 e. The van der Waals surface area contributed by atoms with Crippen LogP contribution in [0.1, 0.15) is 30.9 Å². The predicted octanol–water partition coefficient (Wildman–Crippen LogP) is 4.07. The van der Waals surface area contributed by atoms with Crippen LogP contribution < -0.4 is 5.32 Å². The number of hydrogen-bond donors (Lipinski definition) is 1. The van der Waals surface area contributed by atoms with Crippen LogP contribution in [0.25, 0.3) is 0 Å². The van der Waals surface area contributed by atoms with Crippen molar-refractivity contribution in [3.05, 3.63) is 51.9 Å². The molecular weight excluding hydrogens is 314 g/mol. The monoisotopic (exact) mass is 333 g/mol. The average molecular weight is 334 g/mol. The molecule has 1 heterocycles. The van der Waals surface area contributed by atoms with Gasteiger partial charge in [0, 0.05) is 29.7 Å². The number of anilines is 1. The third-order valence-corrected chi connectivity index (χ3v) is 3.50. The van der Waals surface area contributed by atoms with E-state index in [0.717, 1.165) is 34.7 Å². The topological polar surface area (TPSA) is 37.8 Å². The van der Waals surface area contributed by atoms with Crippen molar-refractivity contribution in [1.29, 1.82) is 0 Å². The number of halogens is 1. The molecule has 0 radical (unpaired) electrons. The van der Waals surface area contributed by atoms with Crippen molar-refractivity contribution < 1.29 is 0 Å². The van der Waals surface area contributed by atoms with E-state index >= 15 is 0 Å². The average Bonchev–Trinajstić information content (AvgIpc) is 2.40. The lowest BCUT2D eigenvalue weighted by atomic mass is 10.1. The number of nitrogens with one attached hydrogen (secondary N) is 1. The highest BCUT2D eigenvalue weighted by atomic mass is 79.9. The molecular formula is C16H20BrN3. The molecule has 20 heavy (non-hydrogen) atoms. The standard InChI is InChI=1S/C16H20BrN3/c1-11(2)8-14-10-15(18-3)20-16(19-14)9-12-4-6-13(17)7-5-12/h4-7,10-11H,8-9H2,1-3H3,(H,18,19,20). The summed E-state index contributed by atoms with van der Waals surface area (Å²) in [5, 5.41) is 3.12. The number of benzene rings is 1. The first-order valence-corrected chi connectivity index (χ1v) is 7.65. The first-order valence-electron chi connectivity index (χ1n) is 6.86. The van der Waals surface area contributed by atoms with Gasteiger partial charge in [-0.1, -0.05) is 41.9 Å². The van der Waals surface area contributed by atoms with E-state index < -0.39 is 0 Å². The van der Waals surface area contributed by atoms with Gasteiger partial charge >= 0.3 is 0 Å². The van der Waals surface area contributed by atoms with Gasteiger partial charge in [-0.2, -0.15) is 0 Å². The Balaban J connectivity index is 2.23. The van der Waals surface area contributed by atoms with E-state index in [-0.39, 0.29) is 0 Å². The molecule has 0 fully saturated rings. The van der Waals surface area contributed by atoms with Gasteiger partial charge in [-0.15, -0.1) is 0 Å². The summed E-state index contributed by atoms with van der Waals surface area (Å²) in [5.41, 5.74) is 2.32. The molecule has 1 N–H and O–H groups in total. The Kier molecular flexibility index (Phi) is 5.12. The number of hydrogen-bond acceptors (Lipinski definition) is 3. The number of nitrogens with zero attached hydrogens (tertiary/aromatic N) is 2. The van der Waals surface area contributed by atoms with E-state index in [1.54, 1.807) is 0 Å². The lowest BCUT2D eigenvalue weighted by Gasteiger charge is -2.09. The van der Waals surface area contributed by atoms with Crippen molar-refractivity contribution in [2.24, 2.45) is 5.92 Å². The van der Waals surface area contributed by atoms with Crippen molar-refractivity contribution in [1.82, 2.24) is 9.97 Å². The minimum Gasteiger partial charge on any atom is -0.373 e. The molecule has 0 unspecified atom stereocenters. The normalized spacial score (nSPS) is 10.8. The van der Waals surface area contributed by atoms with E-state index in [1.165, 1.54) is 5.56 Å². The molecule has 1 aromatic carbocycles. The molecule has 0 aliphatic carbocycles. The molecule has 106 valence electrons. The molecule has 3 nitrogen and oxygen atoms in total. The smallest absolute Gasteiger partial charge is 0.135 e. The van der Waals surface area contributed by atoms with Crippen LogP contribution in [0.15, 0.2) is 34.8 Å². The van der Waals surface area contributed by atoms with Crippen molar-refractivity contribution in [3.63, 3.8) is 0 Å². The third-order valence-electron chi connectivity index (χ3n) is 2.97. The lowest BCUT2D eigenvalue weighted by molar-refractivity contribution is 0.631. The van der Waals surface area contributed by atoms with Gasteiger partial charge in [0.2, 0.25) is 0 Å². The molecule has 1 aromatic heterocycles.